The summed E-state index contributed by atoms with van der Waals surface area (Å²) < 4.78 is 5.11. The van der Waals surface area contributed by atoms with E-state index in [2.05, 4.69) is 5.32 Å². The highest BCUT2D eigenvalue weighted by molar-refractivity contribution is 5.78. The summed E-state index contributed by atoms with van der Waals surface area (Å²) in [5.74, 6) is 0.105. The van der Waals surface area contributed by atoms with Crippen LogP contribution in [0.2, 0.25) is 0 Å². The first kappa shape index (κ1) is 15.8. The maximum Gasteiger partial charge on any atom is 0.407 e. The van der Waals surface area contributed by atoms with Crippen LogP contribution in [-0.4, -0.2) is 41.1 Å². The number of nitrogens with one attached hydrogen (secondary N) is 1. The highest BCUT2D eigenvalue weighted by Gasteiger charge is 2.33. The third kappa shape index (κ3) is 5.94. The lowest BCUT2D eigenvalue weighted by Crippen LogP contribution is -2.41. The molecule has 1 fully saturated rings. The molecule has 110 valence electrons. The van der Waals surface area contributed by atoms with Crippen molar-refractivity contribution >= 4 is 12.0 Å². The van der Waals surface area contributed by atoms with Crippen molar-refractivity contribution in [2.45, 2.75) is 71.6 Å². The van der Waals surface area contributed by atoms with Gasteiger partial charge in [-0.3, -0.25) is 4.79 Å². The number of nitrogens with zero attached hydrogens (tertiary/aromatic N) is 1. The molecule has 0 radical (unpaired) electrons. The minimum Gasteiger partial charge on any atom is -0.444 e. The largest absolute Gasteiger partial charge is 0.444 e. The quantitative estimate of drug-likeness (QED) is 0.834. The predicted octanol–water partition coefficient (Wildman–Crippen LogP) is 2.30. The van der Waals surface area contributed by atoms with E-state index in [1.54, 1.807) is 0 Å². The lowest BCUT2D eigenvalue weighted by molar-refractivity contribution is -0.133. The molecule has 5 heteroatoms. The van der Waals surface area contributed by atoms with Gasteiger partial charge in [0.1, 0.15) is 5.60 Å². The van der Waals surface area contributed by atoms with E-state index < -0.39 is 11.7 Å². The second-order valence-electron chi connectivity index (χ2n) is 6.30. The number of hydrogen-bond donors (Lipinski definition) is 1. The van der Waals surface area contributed by atoms with Gasteiger partial charge in [0.05, 0.1) is 0 Å². The molecule has 1 N–H and O–H groups in total. The number of carbonyl (C=O) groups excluding carboxylic acids is 2. The molecule has 0 heterocycles. The van der Waals surface area contributed by atoms with E-state index in [1.807, 2.05) is 39.5 Å². The molecule has 1 saturated carbocycles. The molecule has 5 nitrogen and oxygen atoms in total. The van der Waals surface area contributed by atoms with Crippen LogP contribution in [0, 0.1) is 0 Å². The van der Waals surface area contributed by atoms with Crippen molar-refractivity contribution in [2.75, 3.05) is 6.54 Å². The molecule has 0 aromatic heterocycles. The molecular formula is C14H26N2O3. The van der Waals surface area contributed by atoms with Crippen molar-refractivity contribution < 1.29 is 14.3 Å². The van der Waals surface area contributed by atoms with Gasteiger partial charge in [0.25, 0.3) is 0 Å². The molecular weight excluding hydrogens is 244 g/mol. The minimum atomic E-state index is -0.508. The van der Waals surface area contributed by atoms with Crippen LogP contribution in [-0.2, 0) is 9.53 Å². The summed E-state index contributed by atoms with van der Waals surface area (Å²) in [4.78, 5) is 25.4. The average molecular weight is 270 g/mol. The normalized spacial score (nSPS) is 15.3. The fourth-order valence-electron chi connectivity index (χ4n) is 1.98. The summed E-state index contributed by atoms with van der Waals surface area (Å²) in [6.45, 7) is 9.81. The average Bonchev–Trinajstić information content (AvgIpc) is 2.98. The Morgan fingerprint density at radius 2 is 1.89 bits per heavy atom. The van der Waals surface area contributed by atoms with Gasteiger partial charge in [-0.25, -0.2) is 4.79 Å². The number of ether oxygens (including phenoxy) is 1. The summed E-state index contributed by atoms with van der Waals surface area (Å²) in [6, 6.07) is 0.635. The maximum absolute atomic E-state index is 12.1. The standard InChI is InChI=1S/C14H26N2O3/c1-10(2)16(11-6-7-11)12(17)8-9-15-13(18)19-14(3,4)5/h10-11H,6-9H2,1-5H3,(H,15,18). The Bertz CT molecular complexity index is 328. The van der Waals surface area contributed by atoms with E-state index in [9.17, 15) is 9.59 Å². The van der Waals surface area contributed by atoms with Crippen LogP contribution in [0.15, 0.2) is 0 Å². The first-order valence-corrected chi connectivity index (χ1v) is 6.98. The fourth-order valence-corrected chi connectivity index (χ4v) is 1.98. The Morgan fingerprint density at radius 1 is 1.32 bits per heavy atom. The molecule has 1 aliphatic rings. The van der Waals surface area contributed by atoms with Crippen LogP contribution < -0.4 is 5.32 Å². The van der Waals surface area contributed by atoms with E-state index in [4.69, 9.17) is 4.74 Å². The highest BCUT2D eigenvalue weighted by atomic mass is 16.6. The van der Waals surface area contributed by atoms with Crippen molar-refractivity contribution in [1.82, 2.24) is 10.2 Å². The lowest BCUT2D eigenvalue weighted by atomic mass is 10.2. The molecule has 1 rings (SSSR count). The Morgan fingerprint density at radius 3 is 2.32 bits per heavy atom. The molecule has 0 unspecified atom stereocenters. The molecule has 19 heavy (non-hydrogen) atoms. The number of alkyl carbamates (subject to hydrolysis) is 1. The third-order valence-corrected chi connectivity index (χ3v) is 2.79. The van der Waals surface area contributed by atoms with Gasteiger partial charge in [0.15, 0.2) is 0 Å². The van der Waals surface area contributed by atoms with Crippen LogP contribution in [0.3, 0.4) is 0 Å². The van der Waals surface area contributed by atoms with Gasteiger partial charge >= 0.3 is 6.09 Å². The van der Waals surface area contributed by atoms with Gasteiger partial charge in [-0.1, -0.05) is 0 Å². The Kier molecular flexibility index (Phi) is 5.20. The minimum absolute atomic E-state index is 0.105. The number of hydrogen-bond acceptors (Lipinski definition) is 3. The monoisotopic (exact) mass is 270 g/mol. The van der Waals surface area contributed by atoms with Crippen molar-refractivity contribution in [3.63, 3.8) is 0 Å². The fraction of sp³-hybridized carbons (Fsp3) is 0.857. The smallest absolute Gasteiger partial charge is 0.407 e. The van der Waals surface area contributed by atoms with E-state index in [1.165, 1.54) is 0 Å². The first-order chi connectivity index (χ1) is 8.70. The van der Waals surface area contributed by atoms with Gasteiger partial charge in [-0.2, -0.15) is 0 Å². The SMILES string of the molecule is CC(C)N(C(=O)CCNC(=O)OC(C)(C)C)C1CC1. The molecule has 0 saturated heterocycles. The molecule has 0 spiro atoms. The van der Waals surface area contributed by atoms with E-state index in [0.29, 0.717) is 19.0 Å². The Balaban J connectivity index is 2.28. The molecule has 0 bridgehead atoms. The van der Waals surface area contributed by atoms with Gasteiger partial charge in [0.2, 0.25) is 5.91 Å². The summed E-state index contributed by atoms with van der Waals surface area (Å²) >= 11 is 0. The summed E-state index contributed by atoms with van der Waals surface area (Å²) in [6.07, 6.45) is 2.06. The van der Waals surface area contributed by atoms with E-state index in [0.717, 1.165) is 12.8 Å². The van der Waals surface area contributed by atoms with E-state index >= 15 is 0 Å². The second-order valence-corrected chi connectivity index (χ2v) is 6.30. The zero-order valence-corrected chi connectivity index (χ0v) is 12.7. The molecule has 0 aliphatic heterocycles. The van der Waals surface area contributed by atoms with Crippen LogP contribution in [0.5, 0.6) is 0 Å². The zero-order valence-electron chi connectivity index (χ0n) is 12.7. The summed E-state index contributed by atoms with van der Waals surface area (Å²) in [5.41, 5.74) is -0.508. The topological polar surface area (TPSA) is 58.6 Å². The van der Waals surface area contributed by atoms with E-state index in [-0.39, 0.29) is 11.9 Å². The van der Waals surface area contributed by atoms with Gasteiger partial charge in [-0.15, -0.1) is 0 Å². The zero-order chi connectivity index (χ0) is 14.6. The Labute approximate surface area is 115 Å². The van der Waals surface area contributed by atoms with Gasteiger partial charge < -0.3 is 15.0 Å². The molecule has 1 aliphatic carbocycles. The van der Waals surface area contributed by atoms with Crippen LogP contribution in [0.25, 0.3) is 0 Å². The highest BCUT2D eigenvalue weighted by Crippen LogP contribution is 2.29. The van der Waals surface area contributed by atoms with Crippen molar-refractivity contribution in [2.24, 2.45) is 0 Å². The molecule has 0 atom stereocenters. The van der Waals surface area contributed by atoms with Crippen LogP contribution in [0.1, 0.15) is 53.9 Å². The van der Waals surface area contributed by atoms with Crippen molar-refractivity contribution in [1.29, 1.82) is 0 Å². The summed E-state index contributed by atoms with van der Waals surface area (Å²) in [5, 5.41) is 2.61. The first-order valence-electron chi connectivity index (χ1n) is 6.98. The number of carbonyl (C=O) groups is 2. The maximum atomic E-state index is 12.1. The molecule has 0 aromatic carbocycles. The molecule has 2 amide bonds. The van der Waals surface area contributed by atoms with Gasteiger partial charge in [-0.05, 0) is 47.5 Å². The third-order valence-electron chi connectivity index (χ3n) is 2.79. The number of rotatable bonds is 5. The predicted molar refractivity (Wildman–Crippen MR) is 73.9 cm³/mol. The van der Waals surface area contributed by atoms with Crippen LogP contribution in [0.4, 0.5) is 4.79 Å². The summed E-state index contributed by atoms with van der Waals surface area (Å²) in [7, 11) is 0. The van der Waals surface area contributed by atoms with Gasteiger partial charge in [0, 0.05) is 25.0 Å². The van der Waals surface area contributed by atoms with Crippen molar-refractivity contribution in [3.8, 4) is 0 Å². The second kappa shape index (κ2) is 6.26. The molecule has 0 aromatic rings. The lowest BCUT2D eigenvalue weighted by Gasteiger charge is -2.27. The van der Waals surface area contributed by atoms with Crippen molar-refractivity contribution in [3.05, 3.63) is 0 Å². The Hall–Kier alpha value is -1.26. The van der Waals surface area contributed by atoms with Crippen LogP contribution >= 0.6 is 0 Å². The number of amides is 2.